The zero-order valence-electron chi connectivity index (χ0n) is 16.2. The molecular formula is C22H26N4OS. The lowest BCUT2D eigenvalue weighted by Crippen LogP contribution is -2.29. The monoisotopic (exact) mass is 394 g/mol. The molecule has 6 heteroatoms. The van der Waals surface area contributed by atoms with Crippen molar-refractivity contribution in [2.24, 2.45) is 0 Å². The van der Waals surface area contributed by atoms with Crippen molar-refractivity contribution in [2.75, 3.05) is 18.0 Å². The van der Waals surface area contributed by atoms with Gasteiger partial charge in [-0.15, -0.1) is 11.3 Å². The molecule has 1 amide bonds. The molecule has 1 fully saturated rings. The molecule has 0 bridgehead atoms. The largest absolute Gasteiger partial charge is 0.348 e. The van der Waals surface area contributed by atoms with Gasteiger partial charge in [0.1, 0.15) is 5.69 Å². The van der Waals surface area contributed by atoms with Gasteiger partial charge in [0.05, 0.1) is 12.2 Å². The van der Waals surface area contributed by atoms with E-state index >= 15 is 0 Å². The Morgan fingerprint density at radius 3 is 2.75 bits per heavy atom. The van der Waals surface area contributed by atoms with Crippen molar-refractivity contribution >= 4 is 22.4 Å². The van der Waals surface area contributed by atoms with Crippen molar-refractivity contribution < 1.29 is 4.79 Å². The van der Waals surface area contributed by atoms with Crippen LogP contribution in [0, 0.1) is 6.92 Å². The SMILES string of the molecule is Cc1cc(C(=O)NCc2ccccc2)n(Cc2csc(N3CCCCC3)n2)c1. The Morgan fingerprint density at radius 1 is 1.18 bits per heavy atom. The first kappa shape index (κ1) is 18.7. The lowest BCUT2D eigenvalue weighted by Gasteiger charge is -2.25. The van der Waals surface area contributed by atoms with Gasteiger partial charge in [0, 0.05) is 31.2 Å². The number of carbonyl (C=O) groups is 1. The van der Waals surface area contributed by atoms with Crippen LogP contribution in [0.1, 0.15) is 46.6 Å². The highest BCUT2D eigenvalue weighted by Crippen LogP contribution is 2.25. The van der Waals surface area contributed by atoms with Crippen molar-refractivity contribution in [1.82, 2.24) is 14.9 Å². The van der Waals surface area contributed by atoms with E-state index in [0.29, 0.717) is 18.8 Å². The lowest BCUT2D eigenvalue weighted by molar-refractivity contribution is 0.0942. The number of carbonyl (C=O) groups excluding carboxylic acids is 1. The number of hydrogen-bond donors (Lipinski definition) is 1. The van der Waals surface area contributed by atoms with E-state index in [2.05, 4.69) is 15.6 Å². The number of rotatable bonds is 6. The maximum atomic E-state index is 12.7. The third kappa shape index (κ3) is 4.44. The van der Waals surface area contributed by atoms with Crippen molar-refractivity contribution in [1.29, 1.82) is 0 Å². The number of nitrogens with one attached hydrogen (secondary N) is 1. The third-order valence-corrected chi connectivity index (χ3v) is 6.01. The fourth-order valence-electron chi connectivity index (χ4n) is 3.62. The maximum absolute atomic E-state index is 12.7. The van der Waals surface area contributed by atoms with E-state index in [1.807, 2.05) is 54.1 Å². The van der Waals surface area contributed by atoms with Gasteiger partial charge in [0.15, 0.2) is 5.13 Å². The number of amides is 1. The Bertz CT molecular complexity index is 925. The second kappa shape index (κ2) is 8.61. The number of thiazole rings is 1. The van der Waals surface area contributed by atoms with Gasteiger partial charge in [-0.1, -0.05) is 30.3 Å². The van der Waals surface area contributed by atoms with E-state index in [4.69, 9.17) is 4.98 Å². The average Bonchev–Trinajstić information content (AvgIpc) is 3.34. The van der Waals surface area contributed by atoms with Gasteiger partial charge < -0.3 is 14.8 Å². The molecule has 0 unspecified atom stereocenters. The molecule has 1 aliphatic heterocycles. The highest BCUT2D eigenvalue weighted by Gasteiger charge is 2.17. The number of nitrogens with zero attached hydrogens (tertiary/aromatic N) is 3. The molecule has 28 heavy (non-hydrogen) atoms. The Kier molecular flexibility index (Phi) is 5.76. The molecule has 0 spiro atoms. The number of anilines is 1. The van der Waals surface area contributed by atoms with Crippen LogP contribution in [-0.4, -0.2) is 28.5 Å². The smallest absolute Gasteiger partial charge is 0.268 e. The summed E-state index contributed by atoms with van der Waals surface area (Å²) in [5, 5.41) is 6.25. The van der Waals surface area contributed by atoms with Crippen LogP contribution in [0.25, 0.3) is 0 Å². The number of hydrogen-bond acceptors (Lipinski definition) is 4. The van der Waals surface area contributed by atoms with Gasteiger partial charge in [-0.05, 0) is 43.4 Å². The molecule has 0 aliphatic carbocycles. The Morgan fingerprint density at radius 2 is 1.96 bits per heavy atom. The summed E-state index contributed by atoms with van der Waals surface area (Å²) < 4.78 is 2.00. The van der Waals surface area contributed by atoms with E-state index in [9.17, 15) is 4.79 Å². The molecular weight excluding hydrogens is 368 g/mol. The molecule has 3 heterocycles. The molecule has 0 saturated carbocycles. The van der Waals surface area contributed by atoms with Gasteiger partial charge >= 0.3 is 0 Å². The first-order chi connectivity index (χ1) is 13.7. The molecule has 0 atom stereocenters. The van der Waals surface area contributed by atoms with Gasteiger partial charge in [-0.3, -0.25) is 4.79 Å². The fraction of sp³-hybridized carbons (Fsp3) is 0.364. The van der Waals surface area contributed by atoms with Crippen molar-refractivity contribution in [3.63, 3.8) is 0 Å². The summed E-state index contributed by atoms with van der Waals surface area (Å²) in [5.74, 6) is -0.0524. The Balaban J connectivity index is 1.44. The minimum absolute atomic E-state index is 0.0524. The third-order valence-electron chi connectivity index (χ3n) is 5.06. The zero-order chi connectivity index (χ0) is 19.3. The standard InChI is InChI=1S/C22H26N4OS/c1-17-12-20(21(27)23-13-18-8-4-2-5-9-18)26(14-17)15-19-16-28-22(24-19)25-10-6-3-7-11-25/h2,4-5,8-9,12,14,16H,3,6-7,10-11,13,15H2,1H3,(H,23,27). The van der Waals surface area contributed by atoms with Crippen LogP contribution in [-0.2, 0) is 13.1 Å². The second-order valence-corrected chi connectivity index (χ2v) is 8.20. The molecule has 1 aromatic carbocycles. The van der Waals surface area contributed by atoms with Gasteiger partial charge in [0.2, 0.25) is 0 Å². The minimum Gasteiger partial charge on any atom is -0.348 e. The van der Waals surface area contributed by atoms with Gasteiger partial charge in [0.25, 0.3) is 5.91 Å². The highest BCUT2D eigenvalue weighted by atomic mass is 32.1. The average molecular weight is 395 g/mol. The van der Waals surface area contributed by atoms with Crippen LogP contribution in [0.4, 0.5) is 5.13 Å². The predicted octanol–water partition coefficient (Wildman–Crippen LogP) is 4.22. The maximum Gasteiger partial charge on any atom is 0.268 e. The summed E-state index contributed by atoms with van der Waals surface area (Å²) >= 11 is 1.70. The molecule has 2 aromatic heterocycles. The molecule has 146 valence electrons. The minimum atomic E-state index is -0.0524. The molecule has 5 nitrogen and oxygen atoms in total. The summed E-state index contributed by atoms with van der Waals surface area (Å²) in [6.07, 6.45) is 5.84. The summed E-state index contributed by atoms with van der Waals surface area (Å²) in [5.41, 5.74) is 3.87. The van der Waals surface area contributed by atoms with Crippen LogP contribution in [0.15, 0.2) is 48.0 Å². The second-order valence-electron chi connectivity index (χ2n) is 7.37. The number of piperidine rings is 1. The Hall–Kier alpha value is -2.60. The van der Waals surface area contributed by atoms with Gasteiger partial charge in [-0.2, -0.15) is 0 Å². The molecule has 4 rings (SSSR count). The molecule has 3 aromatic rings. The van der Waals surface area contributed by atoms with Crippen LogP contribution in [0.3, 0.4) is 0 Å². The quantitative estimate of drug-likeness (QED) is 0.681. The normalized spacial score (nSPS) is 14.2. The fourth-order valence-corrected chi connectivity index (χ4v) is 4.49. The van der Waals surface area contributed by atoms with Crippen LogP contribution in [0.2, 0.25) is 0 Å². The topological polar surface area (TPSA) is 50.2 Å². The van der Waals surface area contributed by atoms with Crippen LogP contribution < -0.4 is 10.2 Å². The summed E-state index contributed by atoms with van der Waals surface area (Å²) in [6, 6.07) is 11.9. The predicted molar refractivity (Wildman–Crippen MR) is 114 cm³/mol. The van der Waals surface area contributed by atoms with E-state index in [1.165, 1.54) is 19.3 Å². The zero-order valence-corrected chi connectivity index (χ0v) is 17.0. The van der Waals surface area contributed by atoms with E-state index in [1.54, 1.807) is 11.3 Å². The van der Waals surface area contributed by atoms with E-state index in [0.717, 1.165) is 35.0 Å². The molecule has 0 radical (unpaired) electrons. The van der Waals surface area contributed by atoms with Gasteiger partial charge in [-0.25, -0.2) is 4.98 Å². The number of aryl methyl sites for hydroxylation is 1. The lowest BCUT2D eigenvalue weighted by atomic mass is 10.1. The molecule has 1 aliphatic rings. The van der Waals surface area contributed by atoms with Crippen molar-refractivity contribution in [3.05, 3.63) is 70.5 Å². The molecule has 1 N–H and O–H groups in total. The van der Waals surface area contributed by atoms with E-state index < -0.39 is 0 Å². The number of benzene rings is 1. The Labute approximate surface area is 170 Å². The number of aromatic nitrogens is 2. The summed E-state index contributed by atoms with van der Waals surface area (Å²) in [7, 11) is 0. The van der Waals surface area contributed by atoms with Crippen LogP contribution >= 0.6 is 11.3 Å². The first-order valence-electron chi connectivity index (χ1n) is 9.87. The van der Waals surface area contributed by atoms with Crippen LogP contribution in [0.5, 0.6) is 0 Å². The highest BCUT2D eigenvalue weighted by molar-refractivity contribution is 7.13. The van der Waals surface area contributed by atoms with Crippen molar-refractivity contribution in [3.8, 4) is 0 Å². The van der Waals surface area contributed by atoms with E-state index in [-0.39, 0.29) is 5.91 Å². The first-order valence-corrected chi connectivity index (χ1v) is 10.8. The van der Waals surface area contributed by atoms with Crippen molar-refractivity contribution in [2.45, 2.75) is 39.3 Å². The summed E-state index contributed by atoms with van der Waals surface area (Å²) in [6.45, 7) is 5.36. The molecule has 1 saturated heterocycles. The summed E-state index contributed by atoms with van der Waals surface area (Å²) in [4.78, 5) is 19.9.